The number of nitrogens with one attached hydrogen (secondary N) is 1. The Morgan fingerprint density at radius 2 is 1.96 bits per heavy atom. The average Bonchev–Trinajstić information content (AvgIpc) is 3.09. The lowest BCUT2D eigenvalue weighted by Crippen LogP contribution is -2.01. The molecule has 124 valence electrons. The van der Waals surface area contributed by atoms with Crippen LogP contribution in [0.5, 0.6) is 5.75 Å². The lowest BCUT2D eigenvalue weighted by atomic mass is 10.2. The van der Waals surface area contributed by atoms with Crippen LogP contribution >= 0.6 is 11.3 Å². The number of benzene rings is 2. The molecular weight excluding hydrogens is 320 g/mol. The minimum atomic E-state index is -0.0486. The molecule has 3 aromatic rings. The number of aliphatic hydroxyl groups excluding tert-OH is 1. The number of aliphatic hydroxyl groups is 1. The summed E-state index contributed by atoms with van der Waals surface area (Å²) in [6.07, 6.45) is 0. The minimum Gasteiger partial charge on any atom is -0.496 e. The Kier molecular flexibility index (Phi) is 5.13. The first-order valence-electron chi connectivity index (χ1n) is 7.72. The Morgan fingerprint density at radius 3 is 2.67 bits per heavy atom. The zero-order chi connectivity index (χ0) is 16.9. The molecule has 0 amide bonds. The maximum Gasteiger partial charge on any atom is 0.124 e. The minimum absolute atomic E-state index is 0.0486. The van der Waals surface area contributed by atoms with Crippen LogP contribution < -0.4 is 10.1 Å². The molecule has 0 spiro atoms. The van der Waals surface area contributed by atoms with Crippen LogP contribution in [0.15, 0.2) is 47.8 Å². The fraction of sp³-hybridized carbons (Fsp3) is 0.211. The van der Waals surface area contributed by atoms with E-state index < -0.39 is 0 Å². The van der Waals surface area contributed by atoms with Gasteiger partial charge >= 0.3 is 0 Å². The highest BCUT2D eigenvalue weighted by Crippen LogP contribution is 2.25. The summed E-state index contributed by atoms with van der Waals surface area (Å²) in [6.45, 7) is 2.67. The van der Waals surface area contributed by atoms with Gasteiger partial charge in [-0.15, -0.1) is 11.3 Å². The molecule has 0 aliphatic heterocycles. The highest BCUT2D eigenvalue weighted by Gasteiger charge is 2.06. The molecule has 0 unspecified atom stereocenters. The maximum absolute atomic E-state index is 9.39. The van der Waals surface area contributed by atoms with E-state index in [2.05, 4.69) is 46.9 Å². The number of methoxy groups -OCH3 is 1. The summed E-state index contributed by atoms with van der Waals surface area (Å²) in [5.74, 6) is 0.693. The maximum atomic E-state index is 9.39. The van der Waals surface area contributed by atoms with Gasteiger partial charge in [0.25, 0.3) is 0 Å². The molecule has 0 saturated heterocycles. The second-order valence-electron chi connectivity index (χ2n) is 5.55. The van der Waals surface area contributed by atoms with E-state index >= 15 is 0 Å². The van der Waals surface area contributed by atoms with Crippen LogP contribution in [0.25, 0.3) is 10.6 Å². The van der Waals surface area contributed by atoms with Crippen LogP contribution in [0, 0.1) is 6.92 Å². The van der Waals surface area contributed by atoms with Gasteiger partial charge in [-0.3, -0.25) is 0 Å². The largest absolute Gasteiger partial charge is 0.496 e. The third-order valence-electron chi connectivity index (χ3n) is 3.77. The van der Waals surface area contributed by atoms with Gasteiger partial charge in [-0.1, -0.05) is 29.8 Å². The quantitative estimate of drug-likeness (QED) is 0.705. The normalized spacial score (nSPS) is 10.6. The number of aromatic nitrogens is 1. The molecule has 1 aromatic heterocycles. The third-order valence-corrected chi connectivity index (χ3v) is 4.71. The second kappa shape index (κ2) is 7.47. The number of nitrogens with zero attached hydrogens (tertiary/aromatic N) is 1. The van der Waals surface area contributed by atoms with Crippen molar-refractivity contribution in [3.63, 3.8) is 0 Å². The lowest BCUT2D eigenvalue weighted by Gasteiger charge is -2.10. The van der Waals surface area contributed by atoms with E-state index in [-0.39, 0.29) is 6.61 Å². The van der Waals surface area contributed by atoms with Gasteiger partial charge < -0.3 is 15.2 Å². The first kappa shape index (κ1) is 16.5. The number of thiazole rings is 1. The fourth-order valence-corrected chi connectivity index (χ4v) is 3.25. The van der Waals surface area contributed by atoms with Crippen LogP contribution in [0.2, 0.25) is 0 Å². The van der Waals surface area contributed by atoms with Crippen LogP contribution in [0.1, 0.15) is 16.8 Å². The molecule has 3 rings (SSSR count). The molecule has 0 fully saturated rings. The van der Waals surface area contributed by atoms with Crippen molar-refractivity contribution in [3.8, 4) is 16.3 Å². The standard InChI is InChI=1S/C19H20N2O2S/c1-13-3-5-14(6-4-13)19-21-17(12-24-19)10-20-16-7-8-18(23-2)15(9-16)11-22/h3-9,12,20,22H,10-11H2,1-2H3. The monoisotopic (exact) mass is 340 g/mol. The first-order chi connectivity index (χ1) is 11.7. The number of hydrogen-bond donors (Lipinski definition) is 2. The number of ether oxygens (including phenoxy) is 1. The molecule has 4 nitrogen and oxygen atoms in total. The molecule has 1 heterocycles. The van der Waals surface area contributed by atoms with Gasteiger partial charge in [0.1, 0.15) is 10.8 Å². The molecule has 0 bridgehead atoms. The molecule has 0 saturated carbocycles. The van der Waals surface area contributed by atoms with Crippen LogP contribution in [0.4, 0.5) is 5.69 Å². The summed E-state index contributed by atoms with van der Waals surface area (Å²) in [4.78, 5) is 4.68. The van der Waals surface area contributed by atoms with Gasteiger partial charge in [0, 0.05) is 22.2 Å². The molecule has 0 radical (unpaired) electrons. The number of rotatable bonds is 6. The van der Waals surface area contributed by atoms with E-state index in [1.165, 1.54) is 5.56 Å². The summed E-state index contributed by atoms with van der Waals surface area (Å²) in [7, 11) is 1.60. The Hall–Kier alpha value is -2.37. The average molecular weight is 340 g/mol. The summed E-state index contributed by atoms with van der Waals surface area (Å²) in [6, 6.07) is 14.1. The Bertz CT molecular complexity index is 812. The van der Waals surface area contributed by atoms with Crippen LogP contribution in [-0.4, -0.2) is 17.2 Å². The van der Waals surface area contributed by atoms with E-state index in [9.17, 15) is 5.11 Å². The second-order valence-corrected chi connectivity index (χ2v) is 6.41. The smallest absolute Gasteiger partial charge is 0.124 e. The van der Waals surface area contributed by atoms with E-state index in [1.54, 1.807) is 18.4 Å². The zero-order valence-electron chi connectivity index (χ0n) is 13.7. The zero-order valence-corrected chi connectivity index (χ0v) is 14.6. The van der Waals surface area contributed by atoms with Gasteiger partial charge in [0.05, 0.1) is 26.0 Å². The molecule has 2 aromatic carbocycles. The highest BCUT2D eigenvalue weighted by atomic mass is 32.1. The van der Waals surface area contributed by atoms with Crippen molar-refractivity contribution in [1.82, 2.24) is 4.98 Å². The first-order valence-corrected chi connectivity index (χ1v) is 8.60. The molecule has 0 atom stereocenters. The van der Waals surface area contributed by atoms with Gasteiger partial charge in [0.15, 0.2) is 0 Å². The van der Waals surface area contributed by atoms with Crippen molar-refractivity contribution in [2.75, 3.05) is 12.4 Å². The number of anilines is 1. The van der Waals surface area contributed by atoms with Gasteiger partial charge in [-0.25, -0.2) is 4.98 Å². The van der Waals surface area contributed by atoms with Gasteiger partial charge in [-0.05, 0) is 25.1 Å². The SMILES string of the molecule is COc1ccc(NCc2csc(-c3ccc(C)cc3)n2)cc1CO. The predicted octanol–water partition coefficient (Wildman–Crippen LogP) is 4.23. The number of aryl methyl sites for hydroxylation is 1. The van der Waals surface area contributed by atoms with Crippen molar-refractivity contribution >= 4 is 17.0 Å². The van der Waals surface area contributed by atoms with Gasteiger partial charge in [-0.2, -0.15) is 0 Å². The topological polar surface area (TPSA) is 54.4 Å². The predicted molar refractivity (Wildman–Crippen MR) is 98.5 cm³/mol. The van der Waals surface area contributed by atoms with Crippen molar-refractivity contribution in [2.24, 2.45) is 0 Å². The fourth-order valence-electron chi connectivity index (χ4n) is 2.42. The Labute approximate surface area is 145 Å². The molecular formula is C19H20N2O2S. The summed E-state index contributed by atoms with van der Waals surface area (Å²) < 4.78 is 5.22. The Balaban J connectivity index is 1.68. The van der Waals surface area contributed by atoms with Crippen LogP contribution in [-0.2, 0) is 13.2 Å². The van der Waals surface area contributed by atoms with Gasteiger partial charge in [0.2, 0.25) is 0 Å². The Morgan fingerprint density at radius 1 is 1.17 bits per heavy atom. The van der Waals surface area contributed by atoms with Crippen molar-refractivity contribution in [1.29, 1.82) is 0 Å². The molecule has 2 N–H and O–H groups in total. The lowest BCUT2D eigenvalue weighted by molar-refractivity contribution is 0.274. The summed E-state index contributed by atoms with van der Waals surface area (Å²) in [5.41, 5.74) is 5.09. The van der Waals surface area contributed by atoms with E-state index in [4.69, 9.17) is 4.74 Å². The molecule has 5 heteroatoms. The summed E-state index contributed by atoms with van der Waals surface area (Å²) in [5, 5.41) is 15.8. The third kappa shape index (κ3) is 3.75. The summed E-state index contributed by atoms with van der Waals surface area (Å²) >= 11 is 1.65. The van der Waals surface area contributed by atoms with E-state index in [0.717, 1.165) is 27.5 Å². The van der Waals surface area contributed by atoms with Crippen molar-refractivity contribution in [3.05, 3.63) is 64.7 Å². The molecule has 0 aliphatic rings. The molecule has 0 aliphatic carbocycles. The van der Waals surface area contributed by atoms with E-state index in [0.29, 0.717) is 12.3 Å². The van der Waals surface area contributed by atoms with Crippen molar-refractivity contribution in [2.45, 2.75) is 20.1 Å². The van der Waals surface area contributed by atoms with Crippen molar-refractivity contribution < 1.29 is 9.84 Å². The highest BCUT2D eigenvalue weighted by molar-refractivity contribution is 7.13. The number of hydrogen-bond acceptors (Lipinski definition) is 5. The van der Waals surface area contributed by atoms with Crippen LogP contribution in [0.3, 0.4) is 0 Å². The van der Waals surface area contributed by atoms with E-state index in [1.807, 2.05) is 18.2 Å². The molecule has 24 heavy (non-hydrogen) atoms.